The molecule has 2 atom stereocenters. The van der Waals surface area contributed by atoms with E-state index in [4.69, 9.17) is 0 Å². The van der Waals surface area contributed by atoms with Gasteiger partial charge < -0.3 is 0 Å². The standard InChI is InChI=1S/C20H17N5O/c26-17-8-4-7-16-18(17)19(25-20(21-16)22-23-24-25)15-11-9-14(10-12-15)13-5-2-1-3-6-13/h1-3,5-6,9-12,18-19H,4,7-8H2. The maximum absolute atomic E-state index is 12.7. The summed E-state index contributed by atoms with van der Waals surface area (Å²) in [7, 11) is 0. The van der Waals surface area contributed by atoms with Crippen molar-refractivity contribution in [2.75, 3.05) is 0 Å². The Morgan fingerprint density at radius 1 is 0.923 bits per heavy atom. The highest BCUT2D eigenvalue weighted by molar-refractivity contribution is 6.09. The Hall–Kier alpha value is -3.15. The first-order chi connectivity index (χ1) is 12.8. The third-order valence-corrected chi connectivity index (χ3v) is 5.22. The van der Waals surface area contributed by atoms with Gasteiger partial charge in [-0.15, -0.1) is 0 Å². The third-order valence-electron chi connectivity index (χ3n) is 5.22. The topological polar surface area (TPSA) is 73.0 Å². The summed E-state index contributed by atoms with van der Waals surface area (Å²) in [4.78, 5) is 17.2. The van der Waals surface area contributed by atoms with Gasteiger partial charge in [0.25, 0.3) is 5.95 Å². The molecule has 0 bridgehead atoms. The highest BCUT2D eigenvalue weighted by Gasteiger charge is 2.41. The number of benzene rings is 2. The zero-order valence-corrected chi connectivity index (χ0v) is 14.1. The summed E-state index contributed by atoms with van der Waals surface area (Å²) < 4.78 is 1.69. The molecule has 1 aliphatic heterocycles. The average molecular weight is 343 g/mol. The fourth-order valence-corrected chi connectivity index (χ4v) is 3.97. The number of nitrogens with zero attached hydrogens (tertiary/aromatic N) is 5. The molecule has 2 aliphatic rings. The van der Waals surface area contributed by atoms with Crippen molar-refractivity contribution in [2.45, 2.75) is 25.3 Å². The first-order valence-electron chi connectivity index (χ1n) is 8.85. The molecular weight excluding hydrogens is 326 g/mol. The van der Waals surface area contributed by atoms with Crippen LogP contribution < -0.4 is 0 Å². The molecule has 2 heterocycles. The Bertz CT molecular complexity index is 991. The number of aromatic nitrogens is 4. The first-order valence-corrected chi connectivity index (χ1v) is 8.85. The molecule has 5 rings (SSSR count). The second-order valence-electron chi connectivity index (χ2n) is 6.76. The quantitative estimate of drug-likeness (QED) is 0.715. The van der Waals surface area contributed by atoms with Crippen molar-refractivity contribution >= 4 is 17.4 Å². The van der Waals surface area contributed by atoms with Crippen LogP contribution in [0, 0.1) is 5.92 Å². The SMILES string of the molecule is O=C1CCCC2=Nc3nnnn3C(c3ccc(-c4ccccc4)cc3)C12. The molecule has 3 aromatic rings. The predicted octanol–water partition coefficient (Wildman–Crippen LogP) is 3.38. The second kappa shape index (κ2) is 5.98. The fraction of sp³-hybridized carbons (Fsp3) is 0.250. The predicted molar refractivity (Wildman–Crippen MR) is 97.3 cm³/mol. The van der Waals surface area contributed by atoms with E-state index in [2.05, 4.69) is 56.9 Å². The van der Waals surface area contributed by atoms with E-state index in [0.29, 0.717) is 12.4 Å². The van der Waals surface area contributed by atoms with Crippen LogP contribution in [0.25, 0.3) is 11.1 Å². The van der Waals surface area contributed by atoms with E-state index in [9.17, 15) is 4.79 Å². The first kappa shape index (κ1) is 15.1. The van der Waals surface area contributed by atoms with Gasteiger partial charge in [0, 0.05) is 12.1 Å². The van der Waals surface area contributed by atoms with Crippen LogP contribution >= 0.6 is 0 Å². The monoisotopic (exact) mass is 343 g/mol. The summed E-state index contributed by atoms with van der Waals surface area (Å²) in [5.74, 6) is 0.457. The fourth-order valence-electron chi connectivity index (χ4n) is 3.97. The lowest BCUT2D eigenvalue weighted by molar-refractivity contribution is -0.122. The van der Waals surface area contributed by atoms with E-state index < -0.39 is 0 Å². The smallest absolute Gasteiger partial charge is 0.269 e. The van der Waals surface area contributed by atoms with Gasteiger partial charge >= 0.3 is 0 Å². The van der Waals surface area contributed by atoms with Gasteiger partial charge in [-0.1, -0.05) is 59.7 Å². The van der Waals surface area contributed by atoms with Gasteiger partial charge in [0.05, 0.1) is 12.0 Å². The van der Waals surface area contributed by atoms with Crippen molar-refractivity contribution in [3.05, 3.63) is 60.2 Å². The summed E-state index contributed by atoms with van der Waals surface area (Å²) in [6.45, 7) is 0. The Balaban J connectivity index is 1.58. The van der Waals surface area contributed by atoms with Crippen LogP contribution in [0.5, 0.6) is 0 Å². The van der Waals surface area contributed by atoms with Crippen LogP contribution in [0.3, 0.4) is 0 Å². The number of aliphatic imine (C=N–C) groups is 1. The number of ketones is 1. The molecule has 6 nitrogen and oxygen atoms in total. The number of Topliss-reactive ketones (excluding diaryl/α,β-unsaturated/α-hetero) is 1. The van der Waals surface area contributed by atoms with E-state index in [1.54, 1.807) is 4.68 Å². The highest BCUT2D eigenvalue weighted by atomic mass is 16.1. The minimum absolute atomic E-state index is 0.217. The molecule has 0 N–H and O–H groups in total. The molecule has 2 unspecified atom stereocenters. The average Bonchev–Trinajstić information content (AvgIpc) is 3.16. The lowest BCUT2D eigenvalue weighted by Gasteiger charge is -2.33. The van der Waals surface area contributed by atoms with Gasteiger partial charge in [-0.2, -0.15) is 0 Å². The molecule has 26 heavy (non-hydrogen) atoms. The minimum atomic E-state index is -0.262. The molecule has 0 saturated heterocycles. The summed E-state index contributed by atoms with van der Waals surface area (Å²) in [5.41, 5.74) is 4.26. The van der Waals surface area contributed by atoms with Gasteiger partial charge in [-0.05, 0) is 40.0 Å². The molecule has 1 aliphatic carbocycles. The van der Waals surface area contributed by atoms with Gasteiger partial charge in [0.15, 0.2) is 0 Å². The molecular formula is C20H17N5O. The van der Waals surface area contributed by atoms with E-state index in [-0.39, 0.29) is 17.7 Å². The highest BCUT2D eigenvalue weighted by Crippen LogP contribution is 2.39. The number of carbonyl (C=O) groups excluding carboxylic acids is 1. The van der Waals surface area contributed by atoms with Crippen LogP contribution in [0.15, 0.2) is 59.6 Å². The molecule has 128 valence electrons. The van der Waals surface area contributed by atoms with E-state index in [1.807, 2.05) is 18.2 Å². The van der Waals surface area contributed by atoms with Gasteiger partial charge in [-0.3, -0.25) is 4.79 Å². The molecule has 1 aromatic heterocycles. The Labute approximate surface area is 150 Å². The summed E-state index contributed by atoms with van der Waals surface area (Å²) in [6, 6.07) is 18.4. The Kier molecular flexibility index (Phi) is 3.48. The summed E-state index contributed by atoms with van der Waals surface area (Å²) in [6.07, 6.45) is 2.29. The minimum Gasteiger partial charge on any atom is -0.299 e. The van der Waals surface area contributed by atoms with Gasteiger partial charge in [0.2, 0.25) is 0 Å². The van der Waals surface area contributed by atoms with Crippen LogP contribution in [-0.2, 0) is 4.79 Å². The van der Waals surface area contributed by atoms with E-state index >= 15 is 0 Å². The molecule has 1 saturated carbocycles. The number of fused-ring (bicyclic) bond motifs is 2. The van der Waals surface area contributed by atoms with Gasteiger partial charge in [-0.25, -0.2) is 9.67 Å². The molecule has 0 radical (unpaired) electrons. The van der Waals surface area contributed by atoms with Crippen molar-refractivity contribution in [1.29, 1.82) is 0 Å². The zero-order valence-electron chi connectivity index (χ0n) is 14.1. The lowest BCUT2D eigenvalue weighted by Crippen LogP contribution is -2.39. The summed E-state index contributed by atoms with van der Waals surface area (Å²) >= 11 is 0. The van der Waals surface area contributed by atoms with Crippen LogP contribution in [-0.4, -0.2) is 31.7 Å². The maximum Gasteiger partial charge on any atom is 0.269 e. The number of hydrogen-bond donors (Lipinski definition) is 0. The zero-order chi connectivity index (χ0) is 17.5. The molecule has 0 amide bonds. The van der Waals surface area contributed by atoms with Crippen LogP contribution in [0.1, 0.15) is 30.9 Å². The number of rotatable bonds is 2. The molecule has 2 aromatic carbocycles. The Morgan fingerprint density at radius 3 is 2.50 bits per heavy atom. The van der Waals surface area contributed by atoms with E-state index in [1.165, 1.54) is 5.56 Å². The van der Waals surface area contributed by atoms with Gasteiger partial charge in [0.1, 0.15) is 5.78 Å². The van der Waals surface area contributed by atoms with Crippen LogP contribution in [0.4, 0.5) is 5.95 Å². The number of tetrazole rings is 1. The largest absolute Gasteiger partial charge is 0.299 e. The number of carbonyl (C=O) groups is 1. The van der Waals surface area contributed by atoms with Crippen molar-refractivity contribution in [3.8, 4) is 11.1 Å². The van der Waals surface area contributed by atoms with E-state index in [0.717, 1.165) is 29.7 Å². The van der Waals surface area contributed by atoms with Crippen LogP contribution in [0.2, 0.25) is 0 Å². The molecule has 0 spiro atoms. The lowest BCUT2D eigenvalue weighted by atomic mass is 9.77. The van der Waals surface area contributed by atoms with Crippen molar-refractivity contribution in [2.24, 2.45) is 10.9 Å². The number of hydrogen-bond acceptors (Lipinski definition) is 5. The maximum atomic E-state index is 12.7. The van der Waals surface area contributed by atoms with Crippen molar-refractivity contribution in [1.82, 2.24) is 20.2 Å². The van der Waals surface area contributed by atoms with Crippen molar-refractivity contribution < 1.29 is 4.79 Å². The molecule has 1 fully saturated rings. The summed E-state index contributed by atoms with van der Waals surface area (Å²) in [5, 5.41) is 11.9. The molecule has 6 heteroatoms. The Morgan fingerprint density at radius 2 is 1.69 bits per heavy atom. The third kappa shape index (κ3) is 2.37. The van der Waals surface area contributed by atoms with Crippen molar-refractivity contribution in [3.63, 3.8) is 0 Å². The normalized spacial score (nSPS) is 21.7. The second-order valence-corrected chi connectivity index (χ2v) is 6.76.